The summed E-state index contributed by atoms with van der Waals surface area (Å²) >= 11 is 3.16. The topological polar surface area (TPSA) is 68.0 Å². The highest BCUT2D eigenvalue weighted by Crippen LogP contribution is 2.07. The molecule has 0 bridgehead atoms. The number of carbonyl (C=O) groups excluding carboxylic acids is 1. The van der Waals surface area contributed by atoms with Crippen molar-refractivity contribution in [3.63, 3.8) is 0 Å². The molecule has 0 saturated carbocycles. The minimum Gasteiger partial charge on any atom is -0.465 e. The Balaban J connectivity index is 1.95. The molecule has 2 heterocycles. The quantitative estimate of drug-likeness (QED) is 0.883. The molecule has 0 aromatic carbocycles. The van der Waals surface area contributed by atoms with Gasteiger partial charge in [-0.2, -0.15) is 0 Å². The predicted molar refractivity (Wildman–Crippen MR) is 66.1 cm³/mol. The Bertz CT molecular complexity index is 520. The Morgan fingerprint density at radius 2 is 2.29 bits per heavy atom. The van der Waals surface area contributed by atoms with Crippen LogP contribution in [0.2, 0.25) is 0 Å². The molecule has 0 aliphatic carbocycles. The molecule has 5 nitrogen and oxygen atoms in total. The highest BCUT2D eigenvalue weighted by atomic mass is 79.9. The molecule has 2 aromatic rings. The number of nitrogens with zero attached hydrogens (tertiary/aromatic N) is 2. The summed E-state index contributed by atoms with van der Waals surface area (Å²) in [5, 5.41) is 2.57. The maximum Gasteiger partial charge on any atom is 0.249 e. The Labute approximate surface area is 106 Å². The molecule has 0 fully saturated rings. The van der Waals surface area contributed by atoms with Gasteiger partial charge in [0.2, 0.25) is 5.91 Å². The van der Waals surface area contributed by atoms with Gasteiger partial charge in [-0.25, -0.2) is 9.97 Å². The minimum atomic E-state index is -0.293. The van der Waals surface area contributed by atoms with Crippen molar-refractivity contribution >= 4 is 33.7 Å². The summed E-state index contributed by atoms with van der Waals surface area (Å²) in [6.07, 6.45) is 7.44. The van der Waals surface area contributed by atoms with Gasteiger partial charge in [0, 0.05) is 6.08 Å². The molecule has 6 heteroatoms. The van der Waals surface area contributed by atoms with Crippen LogP contribution in [0.5, 0.6) is 0 Å². The van der Waals surface area contributed by atoms with E-state index in [0.29, 0.717) is 16.2 Å². The molecule has 0 spiro atoms. The number of halogens is 1. The largest absolute Gasteiger partial charge is 0.465 e. The highest BCUT2D eigenvalue weighted by molar-refractivity contribution is 9.10. The number of aromatic nitrogens is 2. The summed E-state index contributed by atoms with van der Waals surface area (Å²) in [4.78, 5) is 19.4. The third-order valence-electron chi connectivity index (χ3n) is 1.81. The fraction of sp³-hybridized carbons (Fsp3) is 0. The van der Waals surface area contributed by atoms with Gasteiger partial charge in [-0.15, -0.1) is 0 Å². The van der Waals surface area contributed by atoms with Crippen LogP contribution in [0.15, 0.2) is 45.9 Å². The van der Waals surface area contributed by atoms with Crippen molar-refractivity contribution in [3.8, 4) is 0 Å². The third kappa shape index (κ3) is 3.53. The first-order chi connectivity index (χ1) is 8.24. The highest BCUT2D eigenvalue weighted by Gasteiger charge is 1.99. The summed E-state index contributed by atoms with van der Waals surface area (Å²) in [7, 11) is 0. The molecule has 0 atom stereocenters. The molecule has 0 radical (unpaired) electrons. The summed E-state index contributed by atoms with van der Waals surface area (Å²) in [5.41, 5.74) is 0. The van der Waals surface area contributed by atoms with E-state index < -0.39 is 0 Å². The molecule has 1 amide bonds. The molecule has 0 aliphatic rings. The van der Waals surface area contributed by atoms with Crippen molar-refractivity contribution in [3.05, 3.63) is 47.2 Å². The second-order valence-electron chi connectivity index (χ2n) is 3.06. The van der Waals surface area contributed by atoms with Crippen molar-refractivity contribution in [2.45, 2.75) is 0 Å². The molecule has 0 aliphatic heterocycles. The minimum absolute atomic E-state index is 0.293. The van der Waals surface area contributed by atoms with Crippen LogP contribution in [0.1, 0.15) is 5.76 Å². The number of carbonyl (C=O) groups is 1. The maximum absolute atomic E-state index is 11.5. The number of hydrogen-bond acceptors (Lipinski definition) is 4. The standard InChI is InChI=1S/C11H8BrN3O2/c12-9-6-14-10(7-13-9)15-11(16)4-3-8-2-1-5-17-8/h1-7H,(H,14,15,16). The number of amides is 1. The fourth-order valence-electron chi connectivity index (χ4n) is 1.09. The van der Waals surface area contributed by atoms with Gasteiger partial charge in [0.15, 0.2) is 5.82 Å². The zero-order valence-electron chi connectivity index (χ0n) is 8.63. The van der Waals surface area contributed by atoms with Crippen LogP contribution < -0.4 is 5.32 Å². The molecule has 2 rings (SSSR count). The lowest BCUT2D eigenvalue weighted by Crippen LogP contribution is -2.09. The summed E-state index contributed by atoms with van der Waals surface area (Å²) in [6, 6.07) is 3.50. The average molecular weight is 294 g/mol. The summed E-state index contributed by atoms with van der Waals surface area (Å²) in [5.74, 6) is 0.711. The van der Waals surface area contributed by atoms with E-state index in [9.17, 15) is 4.79 Å². The molecule has 2 aromatic heterocycles. The lowest BCUT2D eigenvalue weighted by Gasteiger charge is -1.99. The van der Waals surface area contributed by atoms with Crippen LogP contribution in [-0.2, 0) is 4.79 Å². The van der Waals surface area contributed by atoms with Crippen LogP contribution in [0.4, 0.5) is 5.82 Å². The first kappa shape index (κ1) is 11.5. The second-order valence-corrected chi connectivity index (χ2v) is 3.87. The smallest absolute Gasteiger partial charge is 0.249 e. The molecule has 17 heavy (non-hydrogen) atoms. The third-order valence-corrected chi connectivity index (χ3v) is 2.22. The second kappa shape index (κ2) is 5.40. The maximum atomic E-state index is 11.5. The van der Waals surface area contributed by atoms with Gasteiger partial charge in [0.25, 0.3) is 0 Å². The van der Waals surface area contributed by atoms with Gasteiger partial charge in [-0.1, -0.05) is 0 Å². The number of rotatable bonds is 3. The van der Waals surface area contributed by atoms with Crippen LogP contribution in [-0.4, -0.2) is 15.9 Å². The van der Waals surface area contributed by atoms with Gasteiger partial charge in [-0.05, 0) is 34.1 Å². The molecular weight excluding hydrogens is 286 g/mol. The molecule has 86 valence electrons. The van der Waals surface area contributed by atoms with E-state index in [-0.39, 0.29) is 5.91 Å². The van der Waals surface area contributed by atoms with E-state index in [1.54, 1.807) is 18.2 Å². The molecule has 0 unspecified atom stereocenters. The Kier molecular flexibility index (Phi) is 3.66. The number of hydrogen-bond donors (Lipinski definition) is 1. The fourth-order valence-corrected chi connectivity index (χ4v) is 1.29. The van der Waals surface area contributed by atoms with Crippen molar-refractivity contribution < 1.29 is 9.21 Å². The predicted octanol–water partition coefficient (Wildman–Crippen LogP) is 2.48. The molecule has 1 N–H and O–H groups in total. The van der Waals surface area contributed by atoms with Crippen LogP contribution >= 0.6 is 15.9 Å². The zero-order valence-corrected chi connectivity index (χ0v) is 10.2. The summed E-state index contributed by atoms with van der Waals surface area (Å²) < 4.78 is 5.66. The Hall–Kier alpha value is -1.95. The zero-order chi connectivity index (χ0) is 12.1. The van der Waals surface area contributed by atoms with Crippen LogP contribution in [0.3, 0.4) is 0 Å². The van der Waals surface area contributed by atoms with E-state index in [1.807, 2.05) is 0 Å². The Morgan fingerprint density at radius 1 is 1.41 bits per heavy atom. The summed E-state index contributed by atoms with van der Waals surface area (Å²) in [6.45, 7) is 0. The van der Waals surface area contributed by atoms with Crippen molar-refractivity contribution in [1.29, 1.82) is 0 Å². The monoisotopic (exact) mass is 293 g/mol. The van der Waals surface area contributed by atoms with E-state index in [4.69, 9.17) is 4.42 Å². The lowest BCUT2D eigenvalue weighted by atomic mass is 10.4. The van der Waals surface area contributed by atoms with Crippen LogP contribution in [0, 0.1) is 0 Å². The van der Waals surface area contributed by atoms with Gasteiger partial charge in [-0.3, -0.25) is 4.79 Å². The van der Waals surface area contributed by atoms with Gasteiger partial charge in [0.05, 0.1) is 18.7 Å². The number of anilines is 1. The van der Waals surface area contributed by atoms with Gasteiger partial charge < -0.3 is 9.73 Å². The van der Waals surface area contributed by atoms with Crippen LogP contribution in [0.25, 0.3) is 6.08 Å². The van der Waals surface area contributed by atoms with Crippen molar-refractivity contribution in [2.75, 3.05) is 5.32 Å². The van der Waals surface area contributed by atoms with Crippen molar-refractivity contribution in [2.24, 2.45) is 0 Å². The van der Waals surface area contributed by atoms with Gasteiger partial charge in [0.1, 0.15) is 10.4 Å². The van der Waals surface area contributed by atoms with E-state index in [1.165, 1.54) is 24.7 Å². The number of furan rings is 1. The average Bonchev–Trinajstić information content (AvgIpc) is 2.83. The lowest BCUT2D eigenvalue weighted by molar-refractivity contribution is -0.111. The van der Waals surface area contributed by atoms with E-state index >= 15 is 0 Å². The molecular formula is C11H8BrN3O2. The number of nitrogens with one attached hydrogen (secondary N) is 1. The van der Waals surface area contributed by atoms with E-state index in [2.05, 4.69) is 31.2 Å². The van der Waals surface area contributed by atoms with Crippen molar-refractivity contribution in [1.82, 2.24) is 9.97 Å². The van der Waals surface area contributed by atoms with Gasteiger partial charge >= 0.3 is 0 Å². The normalized spacial score (nSPS) is 10.6. The SMILES string of the molecule is O=C(C=Cc1ccco1)Nc1cnc(Br)cn1. The first-order valence-corrected chi connectivity index (χ1v) is 5.53. The molecule has 0 saturated heterocycles. The van der Waals surface area contributed by atoms with E-state index in [0.717, 1.165) is 0 Å². The first-order valence-electron chi connectivity index (χ1n) is 4.74. The Morgan fingerprint density at radius 3 is 2.94 bits per heavy atom.